The van der Waals surface area contributed by atoms with E-state index in [1.807, 2.05) is 0 Å². The molecule has 1 aromatic carbocycles. The summed E-state index contributed by atoms with van der Waals surface area (Å²) >= 11 is 0. The monoisotopic (exact) mass is 506 g/mol. The number of hydrogen-bond acceptors (Lipinski definition) is 6. The van der Waals surface area contributed by atoms with Gasteiger partial charge in [0.2, 0.25) is 0 Å². The van der Waals surface area contributed by atoms with E-state index in [9.17, 15) is 22.8 Å². The first-order valence-corrected chi connectivity index (χ1v) is 11.3. The lowest BCUT2D eigenvalue weighted by atomic mass is 9.98. The van der Waals surface area contributed by atoms with Gasteiger partial charge in [-0.25, -0.2) is 9.59 Å². The SMILES string of the molecule is COC(=O)Nc1ccc2c(c1)NC(C(F)(F)F)CC=CCC(NC(=O)OC(C)(C)C)c1cc-2ccn1. The number of anilines is 2. The zero-order valence-electron chi connectivity index (χ0n) is 20.4. The van der Waals surface area contributed by atoms with E-state index < -0.39 is 36.0 Å². The fourth-order valence-corrected chi connectivity index (χ4v) is 3.60. The number of nitrogens with one attached hydrogen (secondary N) is 3. The average Bonchev–Trinajstić information content (AvgIpc) is 2.77. The Balaban J connectivity index is 2.07. The molecule has 0 aliphatic carbocycles. The Labute approximate surface area is 207 Å². The Morgan fingerprint density at radius 2 is 1.78 bits per heavy atom. The van der Waals surface area contributed by atoms with Crippen LogP contribution in [0, 0.1) is 0 Å². The van der Waals surface area contributed by atoms with Crippen LogP contribution in [0.1, 0.15) is 45.3 Å². The molecule has 0 saturated heterocycles. The minimum atomic E-state index is -4.55. The van der Waals surface area contributed by atoms with Gasteiger partial charge in [0.05, 0.1) is 18.8 Å². The largest absolute Gasteiger partial charge is 0.453 e. The van der Waals surface area contributed by atoms with Crippen molar-refractivity contribution < 1.29 is 32.2 Å². The smallest absolute Gasteiger partial charge is 0.411 e. The number of fused-ring (bicyclic) bond motifs is 4. The van der Waals surface area contributed by atoms with Crippen molar-refractivity contribution >= 4 is 23.6 Å². The number of rotatable bonds is 2. The summed E-state index contributed by atoms with van der Waals surface area (Å²) < 4.78 is 51.6. The molecule has 2 amide bonds. The third kappa shape index (κ3) is 7.37. The van der Waals surface area contributed by atoms with Gasteiger partial charge in [-0.1, -0.05) is 18.2 Å². The first-order valence-electron chi connectivity index (χ1n) is 11.3. The van der Waals surface area contributed by atoms with Gasteiger partial charge in [-0.15, -0.1) is 0 Å². The van der Waals surface area contributed by atoms with Gasteiger partial charge in [0.25, 0.3) is 0 Å². The summed E-state index contributed by atoms with van der Waals surface area (Å²) in [4.78, 5) is 28.5. The van der Waals surface area contributed by atoms with Crippen molar-refractivity contribution in [2.45, 2.75) is 57.5 Å². The Bertz CT molecular complexity index is 1130. The fraction of sp³-hybridized carbons (Fsp3) is 0.400. The van der Waals surface area contributed by atoms with Gasteiger partial charge in [0, 0.05) is 23.1 Å². The van der Waals surface area contributed by atoms with E-state index in [1.165, 1.54) is 25.4 Å². The minimum Gasteiger partial charge on any atom is -0.453 e. The molecule has 2 atom stereocenters. The summed E-state index contributed by atoms with van der Waals surface area (Å²) in [6, 6.07) is 5.41. The van der Waals surface area contributed by atoms with Crippen LogP contribution in [-0.4, -0.2) is 42.1 Å². The van der Waals surface area contributed by atoms with Crippen LogP contribution in [0.4, 0.5) is 34.1 Å². The molecule has 8 nitrogen and oxygen atoms in total. The molecule has 11 heteroatoms. The fourth-order valence-electron chi connectivity index (χ4n) is 3.60. The van der Waals surface area contributed by atoms with Crippen molar-refractivity contribution in [2.24, 2.45) is 0 Å². The van der Waals surface area contributed by atoms with Gasteiger partial charge in [-0.3, -0.25) is 10.3 Å². The third-order valence-electron chi connectivity index (χ3n) is 5.23. The number of carbonyl (C=O) groups is 2. The summed E-state index contributed by atoms with van der Waals surface area (Å²) in [5, 5.41) is 7.82. The molecule has 0 spiro atoms. The van der Waals surface area contributed by atoms with E-state index in [4.69, 9.17) is 4.74 Å². The van der Waals surface area contributed by atoms with Crippen LogP contribution in [0.25, 0.3) is 11.1 Å². The Morgan fingerprint density at radius 3 is 2.44 bits per heavy atom. The quantitative estimate of drug-likeness (QED) is 0.420. The molecular weight excluding hydrogens is 477 g/mol. The summed E-state index contributed by atoms with van der Waals surface area (Å²) in [6.45, 7) is 5.20. The predicted molar refractivity (Wildman–Crippen MR) is 130 cm³/mol. The lowest BCUT2D eigenvalue weighted by Crippen LogP contribution is -2.36. The maximum absolute atomic E-state index is 13.9. The van der Waals surface area contributed by atoms with E-state index in [0.29, 0.717) is 16.8 Å². The molecule has 2 bridgehead atoms. The second kappa shape index (κ2) is 10.9. The molecule has 1 aromatic heterocycles. The molecule has 1 aliphatic rings. The Hall–Kier alpha value is -3.76. The molecule has 194 valence electrons. The van der Waals surface area contributed by atoms with Gasteiger partial charge in [0.1, 0.15) is 11.6 Å². The predicted octanol–water partition coefficient (Wildman–Crippen LogP) is 6.19. The second-order valence-corrected chi connectivity index (χ2v) is 9.23. The van der Waals surface area contributed by atoms with Crippen LogP contribution in [0.3, 0.4) is 0 Å². The van der Waals surface area contributed by atoms with Crippen LogP contribution in [0.15, 0.2) is 48.7 Å². The van der Waals surface area contributed by atoms with Crippen molar-refractivity contribution in [3.05, 3.63) is 54.4 Å². The van der Waals surface area contributed by atoms with Crippen molar-refractivity contribution in [2.75, 3.05) is 17.7 Å². The average molecular weight is 507 g/mol. The summed E-state index contributed by atoms with van der Waals surface area (Å²) in [5.41, 5.74) is 1.25. The molecule has 3 rings (SSSR count). The van der Waals surface area contributed by atoms with Crippen LogP contribution in [0.2, 0.25) is 0 Å². The molecule has 1 aliphatic heterocycles. The van der Waals surface area contributed by atoms with Crippen molar-refractivity contribution in [1.29, 1.82) is 0 Å². The molecular formula is C25H29F3N4O4. The number of alkyl carbamates (subject to hydrolysis) is 1. The molecule has 2 aromatic rings. The van der Waals surface area contributed by atoms with E-state index in [2.05, 4.69) is 25.7 Å². The highest BCUT2D eigenvalue weighted by Gasteiger charge is 2.39. The van der Waals surface area contributed by atoms with Crippen molar-refractivity contribution in [1.82, 2.24) is 10.3 Å². The highest BCUT2D eigenvalue weighted by Crippen LogP contribution is 2.36. The minimum absolute atomic E-state index is 0.161. The first kappa shape index (κ1) is 26.8. The number of aromatic nitrogens is 1. The van der Waals surface area contributed by atoms with E-state index >= 15 is 0 Å². The third-order valence-corrected chi connectivity index (χ3v) is 5.23. The summed E-state index contributed by atoms with van der Waals surface area (Å²) in [5.74, 6) is 0. The number of carbonyl (C=O) groups excluding carboxylic acids is 2. The van der Waals surface area contributed by atoms with Gasteiger partial charge in [0.15, 0.2) is 0 Å². The van der Waals surface area contributed by atoms with E-state index in [1.54, 1.807) is 51.1 Å². The molecule has 2 unspecified atom stereocenters. The topological polar surface area (TPSA) is 102 Å². The van der Waals surface area contributed by atoms with Crippen LogP contribution in [-0.2, 0) is 9.47 Å². The van der Waals surface area contributed by atoms with Crippen LogP contribution >= 0.6 is 0 Å². The number of amides is 2. The number of nitrogens with zero attached hydrogens (tertiary/aromatic N) is 1. The van der Waals surface area contributed by atoms with E-state index in [0.717, 1.165) is 0 Å². The van der Waals surface area contributed by atoms with Crippen molar-refractivity contribution in [3.63, 3.8) is 0 Å². The highest BCUT2D eigenvalue weighted by molar-refractivity contribution is 5.88. The molecule has 0 radical (unpaired) electrons. The lowest BCUT2D eigenvalue weighted by molar-refractivity contribution is -0.141. The molecule has 2 heterocycles. The number of hydrogen-bond donors (Lipinski definition) is 3. The zero-order chi connectivity index (χ0) is 26.5. The number of benzene rings is 1. The Kier molecular flexibility index (Phi) is 8.11. The lowest BCUT2D eigenvalue weighted by Gasteiger charge is -2.25. The van der Waals surface area contributed by atoms with Gasteiger partial charge in [-0.2, -0.15) is 13.2 Å². The summed E-state index contributed by atoms with van der Waals surface area (Å²) in [7, 11) is 1.19. The number of halogens is 3. The van der Waals surface area contributed by atoms with Gasteiger partial charge < -0.3 is 20.1 Å². The van der Waals surface area contributed by atoms with Crippen molar-refractivity contribution in [3.8, 4) is 11.1 Å². The maximum atomic E-state index is 13.9. The number of ether oxygens (including phenoxy) is 2. The molecule has 0 fully saturated rings. The number of alkyl halides is 3. The number of methoxy groups -OCH3 is 1. The molecule has 0 saturated carbocycles. The zero-order valence-corrected chi connectivity index (χ0v) is 20.4. The molecule has 36 heavy (non-hydrogen) atoms. The van der Waals surface area contributed by atoms with E-state index in [-0.39, 0.29) is 24.2 Å². The normalized spacial score (nSPS) is 18.0. The first-order chi connectivity index (χ1) is 16.9. The second-order valence-electron chi connectivity index (χ2n) is 9.23. The number of pyridine rings is 1. The van der Waals surface area contributed by atoms with Crippen LogP contribution in [0.5, 0.6) is 0 Å². The maximum Gasteiger partial charge on any atom is 0.411 e. The molecule has 3 N–H and O–H groups in total. The Morgan fingerprint density at radius 1 is 1.06 bits per heavy atom. The van der Waals surface area contributed by atoms with Gasteiger partial charge in [-0.05, 0) is 63.4 Å². The summed E-state index contributed by atoms with van der Waals surface area (Å²) in [6.07, 6.45) is -1.57. The van der Waals surface area contributed by atoms with Gasteiger partial charge >= 0.3 is 18.4 Å². The standard InChI is InChI=1S/C25H29F3N4O4/c1-24(2,3)36-23(34)32-18-7-5-6-8-21(25(26,27)28)31-19-14-16(30-22(33)35-4)9-10-17(19)15-11-12-29-20(18)13-15/h5-6,9-14,18,21,31H,7-8H2,1-4H3,(H,30,33)(H,32,34). The highest BCUT2D eigenvalue weighted by atomic mass is 19.4. The van der Waals surface area contributed by atoms with Crippen LogP contribution < -0.4 is 16.0 Å².